The second-order valence-corrected chi connectivity index (χ2v) is 8.11. The lowest BCUT2D eigenvalue weighted by atomic mass is 9.77. The van der Waals surface area contributed by atoms with E-state index < -0.39 is 0 Å². The zero-order valence-electron chi connectivity index (χ0n) is 15.5. The van der Waals surface area contributed by atoms with Crippen LogP contribution in [0.5, 0.6) is 11.5 Å². The molecule has 26 heavy (non-hydrogen) atoms. The molecule has 0 radical (unpaired) electrons. The molecule has 0 N–H and O–H groups in total. The molecule has 0 aliphatic carbocycles. The standard InChI is InChI=1S/C22H21BO3/c1-21(2)22(3,4)26-23(25-21)15-11-12-18-17(13-15)16-9-5-7-14-8-6-10-19(24-18)20(14)16/h5-13H,1-4H3. The molecule has 4 heteroatoms. The number of ether oxygens (including phenoxy) is 1. The fraction of sp³-hybridized carbons (Fsp3) is 0.273. The monoisotopic (exact) mass is 344 g/mol. The van der Waals surface area contributed by atoms with Crippen LogP contribution in [-0.2, 0) is 9.31 Å². The summed E-state index contributed by atoms with van der Waals surface area (Å²) in [6.07, 6.45) is 0. The van der Waals surface area contributed by atoms with Gasteiger partial charge < -0.3 is 14.0 Å². The molecule has 130 valence electrons. The third-order valence-electron chi connectivity index (χ3n) is 5.91. The average molecular weight is 344 g/mol. The highest BCUT2D eigenvalue weighted by Gasteiger charge is 2.51. The fourth-order valence-corrected chi connectivity index (χ4v) is 3.71. The van der Waals surface area contributed by atoms with Crippen LogP contribution in [0.25, 0.3) is 21.9 Å². The largest absolute Gasteiger partial charge is 0.494 e. The Labute approximate surface area is 154 Å². The van der Waals surface area contributed by atoms with E-state index >= 15 is 0 Å². The van der Waals surface area contributed by atoms with Crippen LogP contribution in [0.1, 0.15) is 27.7 Å². The van der Waals surface area contributed by atoms with Gasteiger partial charge in [0.05, 0.1) is 11.2 Å². The molecule has 3 aromatic rings. The zero-order chi connectivity index (χ0) is 18.1. The van der Waals surface area contributed by atoms with Crippen molar-refractivity contribution in [2.45, 2.75) is 38.9 Å². The second-order valence-electron chi connectivity index (χ2n) is 8.11. The SMILES string of the molecule is CC1(C)OB(c2ccc3c(c2)-c2cccc4cccc(c24)O3)OC1(C)C. The summed E-state index contributed by atoms with van der Waals surface area (Å²) in [6.45, 7) is 8.30. The van der Waals surface area contributed by atoms with E-state index in [9.17, 15) is 0 Å². The molecule has 1 fully saturated rings. The maximum Gasteiger partial charge on any atom is 0.494 e. The van der Waals surface area contributed by atoms with Gasteiger partial charge >= 0.3 is 7.12 Å². The first kappa shape index (κ1) is 15.9. The van der Waals surface area contributed by atoms with Gasteiger partial charge in [0.25, 0.3) is 0 Å². The summed E-state index contributed by atoms with van der Waals surface area (Å²) in [7, 11) is -0.373. The van der Waals surface area contributed by atoms with Crippen molar-refractivity contribution < 1.29 is 14.0 Å². The van der Waals surface area contributed by atoms with E-state index in [2.05, 4.69) is 58.0 Å². The first-order valence-electron chi connectivity index (χ1n) is 9.05. The Kier molecular flexibility index (Phi) is 3.14. The number of hydrogen-bond acceptors (Lipinski definition) is 3. The van der Waals surface area contributed by atoms with Crippen LogP contribution in [0.3, 0.4) is 0 Å². The Hall–Kier alpha value is -2.30. The molecule has 0 unspecified atom stereocenters. The number of rotatable bonds is 1. The maximum absolute atomic E-state index is 6.22. The van der Waals surface area contributed by atoms with Gasteiger partial charge in [-0.1, -0.05) is 42.5 Å². The Morgan fingerprint density at radius 3 is 2.15 bits per heavy atom. The lowest BCUT2D eigenvalue weighted by molar-refractivity contribution is 0.00578. The van der Waals surface area contributed by atoms with Crippen LogP contribution < -0.4 is 10.2 Å². The second kappa shape index (κ2) is 5.12. The van der Waals surface area contributed by atoms with Gasteiger partial charge in [-0.05, 0) is 56.2 Å². The van der Waals surface area contributed by atoms with E-state index in [-0.39, 0.29) is 18.3 Å². The predicted octanol–water partition coefficient (Wildman–Crippen LogP) is 4.91. The fourth-order valence-electron chi connectivity index (χ4n) is 3.71. The predicted molar refractivity (Wildman–Crippen MR) is 105 cm³/mol. The summed E-state index contributed by atoms with van der Waals surface area (Å²) in [5, 5.41) is 2.35. The van der Waals surface area contributed by atoms with Crippen molar-refractivity contribution in [3.63, 3.8) is 0 Å². The van der Waals surface area contributed by atoms with Crippen molar-refractivity contribution in [2.75, 3.05) is 0 Å². The highest BCUT2D eigenvalue weighted by Crippen LogP contribution is 2.46. The van der Waals surface area contributed by atoms with E-state index in [1.54, 1.807) is 0 Å². The summed E-state index contributed by atoms with van der Waals surface area (Å²) in [6, 6.07) is 18.7. The van der Waals surface area contributed by atoms with Crippen LogP contribution in [0.4, 0.5) is 0 Å². The Morgan fingerprint density at radius 2 is 1.42 bits per heavy atom. The molecule has 1 saturated heterocycles. The number of fused-ring (bicyclic) bond motifs is 2. The molecule has 2 heterocycles. The molecular weight excluding hydrogens is 323 g/mol. The summed E-state index contributed by atoms with van der Waals surface area (Å²) >= 11 is 0. The zero-order valence-corrected chi connectivity index (χ0v) is 15.5. The molecule has 0 aromatic heterocycles. The van der Waals surface area contributed by atoms with Crippen molar-refractivity contribution in [3.8, 4) is 22.6 Å². The van der Waals surface area contributed by atoms with Crippen LogP contribution in [0, 0.1) is 0 Å². The first-order chi connectivity index (χ1) is 12.4. The third kappa shape index (κ3) is 2.16. The van der Waals surface area contributed by atoms with Gasteiger partial charge in [0, 0.05) is 10.9 Å². The first-order valence-corrected chi connectivity index (χ1v) is 9.05. The Bertz CT molecular complexity index is 1020. The average Bonchev–Trinajstić information content (AvgIpc) is 2.83. The molecule has 2 aliphatic heterocycles. The molecule has 0 atom stereocenters. The van der Waals surface area contributed by atoms with Gasteiger partial charge in [-0.2, -0.15) is 0 Å². The molecule has 0 bridgehead atoms. The van der Waals surface area contributed by atoms with Crippen molar-refractivity contribution in [3.05, 3.63) is 54.6 Å². The van der Waals surface area contributed by atoms with Gasteiger partial charge in [-0.3, -0.25) is 0 Å². The van der Waals surface area contributed by atoms with E-state index in [1.165, 1.54) is 10.9 Å². The normalized spacial score (nSPS) is 19.3. The lowest BCUT2D eigenvalue weighted by Gasteiger charge is -2.32. The topological polar surface area (TPSA) is 27.7 Å². The van der Waals surface area contributed by atoms with E-state index in [0.717, 1.165) is 27.9 Å². The minimum atomic E-state index is -0.373. The number of benzene rings is 3. The van der Waals surface area contributed by atoms with Crippen LogP contribution >= 0.6 is 0 Å². The van der Waals surface area contributed by atoms with Crippen LogP contribution in [0.2, 0.25) is 0 Å². The maximum atomic E-state index is 6.22. The Morgan fingerprint density at radius 1 is 0.731 bits per heavy atom. The molecule has 3 nitrogen and oxygen atoms in total. The molecule has 3 aromatic carbocycles. The Balaban J connectivity index is 1.64. The highest BCUT2D eigenvalue weighted by molar-refractivity contribution is 6.62. The van der Waals surface area contributed by atoms with E-state index in [1.807, 2.05) is 24.3 Å². The molecule has 2 aliphatic rings. The quantitative estimate of drug-likeness (QED) is 0.459. The van der Waals surface area contributed by atoms with Crippen molar-refractivity contribution in [1.29, 1.82) is 0 Å². The molecule has 5 rings (SSSR count). The molecular formula is C22H21BO3. The lowest BCUT2D eigenvalue weighted by Crippen LogP contribution is -2.41. The van der Waals surface area contributed by atoms with Crippen LogP contribution in [0.15, 0.2) is 54.6 Å². The van der Waals surface area contributed by atoms with E-state index in [0.29, 0.717) is 0 Å². The van der Waals surface area contributed by atoms with Gasteiger partial charge in [-0.25, -0.2) is 0 Å². The van der Waals surface area contributed by atoms with Crippen LogP contribution in [-0.4, -0.2) is 18.3 Å². The van der Waals surface area contributed by atoms with Crippen molar-refractivity contribution >= 4 is 23.4 Å². The molecule has 0 saturated carbocycles. The van der Waals surface area contributed by atoms with Crippen molar-refractivity contribution in [1.82, 2.24) is 0 Å². The summed E-state index contributed by atoms with van der Waals surface area (Å²) in [5.74, 6) is 1.78. The highest BCUT2D eigenvalue weighted by atomic mass is 16.7. The van der Waals surface area contributed by atoms with Gasteiger partial charge in [0.15, 0.2) is 0 Å². The van der Waals surface area contributed by atoms with Gasteiger partial charge in [0.1, 0.15) is 11.5 Å². The number of hydrogen-bond donors (Lipinski definition) is 0. The molecule has 0 amide bonds. The van der Waals surface area contributed by atoms with Gasteiger partial charge in [-0.15, -0.1) is 0 Å². The van der Waals surface area contributed by atoms with Gasteiger partial charge in [0.2, 0.25) is 0 Å². The third-order valence-corrected chi connectivity index (χ3v) is 5.91. The summed E-state index contributed by atoms with van der Waals surface area (Å²) in [4.78, 5) is 0. The van der Waals surface area contributed by atoms with E-state index in [4.69, 9.17) is 14.0 Å². The van der Waals surface area contributed by atoms with Crippen molar-refractivity contribution in [2.24, 2.45) is 0 Å². The summed E-state index contributed by atoms with van der Waals surface area (Å²) in [5.41, 5.74) is 2.59. The smallest absolute Gasteiger partial charge is 0.456 e. The minimum absolute atomic E-state index is 0.351. The minimum Gasteiger partial charge on any atom is -0.456 e. The summed E-state index contributed by atoms with van der Waals surface area (Å²) < 4.78 is 18.6. The molecule has 0 spiro atoms.